The number of carbonyl (C=O) groups is 3. The molecule has 2 bridgehead atoms. The highest BCUT2D eigenvalue weighted by Gasteiger charge is 2.54. The van der Waals surface area contributed by atoms with Gasteiger partial charge in [-0.05, 0) is 49.7 Å². The van der Waals surface area contributed by atoms with Crippen molar-refractivity contribution < 1.29 is 23.9 Å². The normalized spacial score (nSPS) is 24.5. The molecular weight excluding hydrogens is 384 g/mol. The molecule has 2 amide bonds. The van der Waals surface area contributed by atoms with E-state index in [0.29, 0.717) is 30.0 Å². The van der Waals surface area contributed by atoms with E-state index in [4.69, 9.17) is 9.47 Å². The number of amides is 2. The van der Waals surface area contributed by atoms with E-state index in [9.17, 15) is 14.4 Å². The van der Waals surface area contributed by atoms with Gasteiger partial charge in [-0.3, -0.25) is 9.59 Å². The van der Waals surface area contributed by atoms with E-state index in [1.165, 1.54) is 4.90 Å². The number of nitrogens with zero attached hydrogens (tertiary/aromatic N) is 1. The molecule has 2 aliphatic heterocycles. The first-order valence-corrected chi connectivity index (χ1v) is 9.97. The molecule has 4 rings (SSSR count). The van der Waals surface area contributed by atoms with Gasteiger partial charge in [0.05, 0.1) is 12.2 Å². The zero-order valence-corrected chi connectivity index (χ0v) is 17.2. The molecule has 156 valence electrons. The highest BCUT2D eigenvalue weighted by atomic mass is 16.5. The number of fused-ring (bicyclic) bond motifs is 4. The number of piperidine rings is 1. The van der Waals surface area contributed by atoms with Gasteiger partial charge in [-0.2, -0.15) is 0 Å². The lowest BCUT2D eigenvalue weighted by Gasteiger charge is -2.51. The number of anilines is 1. The third-order valence-electron chi connectivity index (χ3n) is 5.90. The van der Waals surface area contributed by atoms with E-state index in [-0.39, 0.29) is 17.7 Å². The Balaban J connectivity index is 1.59. The SMILES string of the molecule is CCOC(=O)c1ccc(NC(=O)C2C(=O)N(C)C3(C)CC2c2ccccc2O3)cc1. The van der Waals surface area contributed by atoms with Crippen LogP contribution in [0.5, 0.6) is 5.75 Å². The second-order valence-electron chi connectivity index (χ2n) is 7.79. The van der Waals surface area contributed by atoms with Gasteiger partial charge in [0.1, 0.15) is 11.7 Å². The van der Waals surface area contributed by atoms with Crippen LogP contribution in [0.3, 0.4) is 0 Å². The maximum atomic E-state index is 13.2. The summed E-state index contributed by atoms with van der Waals surface area (Å²) in [5.41, 5.74) is 0.998. The summed E-state index contributed by atoms with van der Waals surface area (Å²) in [6.07, 6.45) is 0.534. The number of hydrogen-bond acceptors (Lipinski definition) is 5. The van der Waals surface area contributed by atoms with Crippen LogP contribution in [-0.4, -0.2) is 42.1 Å². The maximum absolute atomic E-state index is 13.2. The largest absolute Gasteiger partial charge is 0.468 e. The smallest absolute Gasteiger partial charge is 0.338 e. The standard InChI is InChI=1S/C23H24N2O5/c1-4-29-22(28)14-9-11-15(12-10-14)24-20(26)19-17-13-23(2,25(3)21(19)27)30-18-8-6-5-7-16(17)18/h5-12,17,19H,4,13H2,1-3H3,(H,24,26). The highest BCUT2D eigenvalue weighted by Crippen LogP contribution is 2.49. The van der Waals surface area contributed by atoms with Crippen LogP contribution in [0.2, 0.25) is 0 Å². The molecule has 1 saturated heterocycles. The van der Waals surface area contributed by atoms with Crippen molar-refractivity contribution in [3.8, 4) is 5.75 Å². The first-order valence-electron chi connectivity index (χ1n) is 9.97. The molecule has 0 aromatic heterocycles. The quantitative estimate of drug-likeness (QED) is 0.620. The van der Waals surface area contributed by atoms with Crippen molar-refractivity contribution >= 4 is 23.5 Å². The summed E-state index contributed by atoms with van der Waals surface area (Å²) in [6, 6.07) is 14.0. The first-order chi connectivity index (χ1) is 14.3. The number of hydrogen-bond donors (Lipinski definition) is 1. The van der Waals surface area contributed by atoms with Crippen molar-refractivity contribution in [3.05, 3.63) is 59.7 Å². The second-order valence-corrected chi connectivity index (χ2v) is 7.79. The van der Waals surface area contributed by atoms with Gasteiger partial charge < -0.3 is 19.7 Å². The average molecular weight is 408 g/mol. The molecule has 2 heterocycles. The predicted molar refractivity (Wildman–Crippen MR) is 110 cm³/mol. The first kappa shape index (κ1) is 19.9. The highest BCUT2D eigenvalue weighted by molar-refractivity contribution is 6.08. The number of ether oxygens (including phenoxy) is 2. The van der Waals surface area contributed by atoms with E-state index in [0.717, 1.165) is 5.56 Å². The third kappa shape index (κ3) is 3.30. The summed E-state index contributed by atoms with van der Waals surface area (Å²) in [5, 5.41) is 2.83. The van der Waals surface area contributed by atoms with Crippen LogP contribution < -0.4 is 10.1 Å². The zero-order valence-electron chi connectivity index (χ0n) is 17.2. The van der Waals surface area contributed by atoms with Crippen LogP contribution in [0.1, 0.15) is 42.1 Å². The summed E-state index contributed by atoms with van der Waals surface area (Å²) < 4.78 is 11.1. The topological polar surface area (TPSA) is 84.9 Å². The second kappa shape index (κ2) is 7.48. The Morgan fingerprint density at radius 3 is 2.60 bits per heavy atom. The fourth-order valence-corrected chi connectivity index (χ4v) is 4.21. The Hall–Kier alpha value is -3.35. The van der Waals surface area contributed by atoms with Gasteiger partial charge in [0.2, 0.25) is 11.8 Å². The lowest BCUT2D eigenvalue weighted by atomic mass is 9.73. The molecule has 0 saturated carbocycles. The monoisotopic (exact) mass is 408 g/mol. The van der Waals surface area contributed by atoms with Gasteiger partial charge in [0.25, 0.3) is 0 Å². The summed E-state index contributed by atoms with van der Waals surface area (Å²) in [6.45, 7) is 3.90. The van der Waals surface area contributed by atoms with Crippen molar-refractivity contribution in [1.82, 2.24) is 4.90 Å². The lowest BCUT2D eigenvalue weighted by Crippen LogP contribution is -2.62. The summed E-state index contributed by atoms with van der Waals surface area (Å²) in [7, 11) is 1.67. The molecule has 3 atom stereocenters. The van der Waals surface area contributed by atoms with Gasteiger partial charge in [0.15, 0.2) is 5.72 Å². The van der Waals surface area contributed by atoms with Crippen molar-refractivity contribution in [2.24, 2.45) is 5.92 Å². The Morgan fingerprint density at radius 1 is 1.20 bits per heavy atom. The minimum Gasteiger partial charge on any atom is -0.468 e. The van der Waals surface area contributed by atoms with Crippen LogP contribution in [0.4, 0.5) is 5.69 Å². The Kier molecular flexibility index (Phi) is 4.97. The number of likely N-dealkylation sites (tertiary alicyclic amines) is 1. The summed E-state index contributed by atoms with van der Waals surface area (Å²) >= 11 is 0. The molecule has 2 aliphatic rings. The molecule has 2 aromatic carbocycles. The van der Waals surface area contributed by atoms with Crippen molar-refractivity contribution in [3.63, 3.8) is 0 Å². The van der Waals surface area contributed by atoms with Gasteiger partial charge >= 0.3 is 5.97 Å². The van der Waals surface area contributed by atoms with E-state index in [1.807, 2.05) is 31.2 Å². The molecule has 0 aliphatic carbocycles. The number of carbonyl (C=O) groups excluding carboxylic acids is 3. The Morgan fingerprint density at radius 2 is 1.90 bits per heavy atom. The van der Waals surface area contributed by atoms with Gasteiger partial charge in [-0.15, -0.1) is 0 Å². The van der Waals surface area contributed by atoms with Crippen LogP contribution in [0, 0.1) is 5.92 Å². The van der Waals surface area contributed by atoms with Crippen molar-refractivity contribution in [2.45, 2.75) is 31.9 Å². The molecule has 1 N–H and O–H groups in total. The van der Waals surface area contributed by atoms with Crippen molar-refractivity contribution in [1.29, 1.82) is 0 Å². The molecule has 7 heteroatoms. The molecule has 2 aromatic rings. The van der Waals surface area contributed by atoms with Crippen molar-refractivity contribution in [2.75, 3.05) is 19.0 Å². The van der Waals surface area contributed by atoms with E-state index < -0.39 is 17.6 Å². The van der Waals surface area contributed by atoms with E-state index in [1.54, 1.807) is 38.2 Å². The molecule has 1 fully saturated rings. The zero-order chi connectivity index (χ0) is 21.5. The van der Waals surface area contributed by atoms with E-state index >= 15 is 0 Å². The molecular formula is C23H24N2O5. The van der Waals surface area contributed by atoms with Crippen LogP contribution in [0.15, 0.2) is 48.5 Å². The molecule has 30 heavy (non-hydrogen) atoms. The minimum atomic E-state index is -0.863. The number of esters is 1. The number of para-hydroxylation sites is 1. The van der Waals surface area contributed by atoms with Gasteiger partial charge in [-0.1, -0.05) is 18.2 Å². The lowest BCUT2D eigenvalue weighted by molar-refractivity contribution is -0.170. The minimum absolute atomic E-state index is 0.274. The molecule has 3 unspecified atom stereocenters. The number of nitrogens with one attached hydrogen (secondary N) is 1. The van der Waals surface area contributed by atoms with E-state index in [2.05, 4.69) is 5.32 Å². The number of benzene rings is 2. The fourth-order valence-electron chi connectivity index (χ4n) is 4.21. The maximum Gasteiger partial charge on any atom is 0.338 e. The van der Waals surface area contributed by atoms with Gasteiger partial charge in [-0.25, -0.2) is 4.79 Å². The van der Waals surface area contributed by atoms with Crippen LogP contribution in [-0.2, 0) is 14.3 Å². The third-order valence-corrected chi connectivity index (χ3v) is 5.90. The fraction of sp³-hybridized carbons (Fsp3) is 0.348. The Bertz CT molecular complexity index is 1000. The predicted octanol–water partition coefficient (Wildman–Crippen LogP) is 3.17. The Labute approximate surface area is 175 Å². The van der Waals surface area contributed by atoms with Crippen LogP contribution >= 0.6 is 0 Å². The average Bonchev–Trinajstić information content (AvgIpc) is 2.73. The molecule has 0 radical (unpaired) electrons. The molecule has 7 nitrogen and oxygen atoms in total. The summed E-state index contributed by atoms with van der Waals surface area (Å²) in [4.78, 5) is 39.6. The number of rotatable bonds is 4. The van der Waals surface area contributed by atoms with Gasteiger partial charge in [0, 0.05) is 25.1 Å². The van der Waals surface area contributed by atoms with Crippen LogP contribution in [0.25, 0.3) is 0 Å². The summed E-state index contributed by atoms with van der Waals surface area (Å²) in [5.74, 6) is -1.51. The molecule has 0 spiro atoms.